The van der Waals surface area contributed by atoms with Crippen LogP contribution in [0.15, 0.2) is 24.3 Å². The molecule has 0 radical (unpaired) electrons. The fourth-order valence-electron chi connectivity index (χ4n) is 5.61. The van der Waals surface area contributed by atoms with Crippen LogP contribution >= 0.6 is 0 Å². The van der Waals surface area contributed by atoms with Gasteiger partial charge in [0.15, 0.2) is 0 Å². The quantitative estimate of drug-likeness (QED) is 0.414. The van der Waals surface area contributed by atoms with Gasteiger partial charge in [0.25, 0.3) is 0 Å². The second-order valence-corrected chi connectivity index (χ2v) is 9.64. The van der Waals surface area contributed by atoms with E-state index < -0.39 is 0 Å². The van der Waals surface area contributed by atoms with E-state index in [1.807, 2.05) is 29.2 Å². The van der Waals surface area contributed by atoms with Gasteiger partial charge in [0.1, 0.15) is 5.82 Å². The van der Waals surface area contributed by atoms with Crippen molar-refractivity contribution >= 4 is 23.4 Å². The fraction of sp³-hybridized carbons (Fsp3) is 0.609. The highest BCUT2D eigenvalue weighted by atomic mass is 16.5. The molecular weight excluding hydrogens is 380 g/mol. The Labute approximate surface area is 176 Å². The number of fused-ring (bicyclic) bond motifs is 1. The number of nitrogens with zero attached hydrogens (tertiary/aromatic N) is 3. The number of benzene rings is 1. The van der Waals surface area contributed by atoms with Crippen LogP contribution in [0.1, 0.15) is 63.2 Å². The van der Waals surface area contributed by atoms with Crippen molar-refractivity contribution < 1.29 is 14.8 Å². The standard InChI is InChI=1S/C23H30N4O3/c28-15-26(30)13-17(11-16-5-1-2-6-16)22(29)27-14-23(9-10-23)12-20(27)21-24-18-7-3-4-8-19(18)25-21/h3-4,7-8,15-17,20,30H,1-2,5-6,9-14H2,(H,24,25). The number of rotatable bonds is 7. The molecule has 2 amide bonds. The molecule has 1 aliphatic heterocycles. The summed E-state index contributed by atoms with van der Waals surface area (Å²) < 4.78 is 0. The Balaban J connectivity index is 1.41. The molecule has 5 rings (SSSR count). The lowest BCUT2D eigenvalue weighted by molar-refractivity contribution is -0.157. The highest BCUT2D eigenvalue weighted by molar-refractivity contribution is 5.81. The molecule has 160 valence electrons. The topological polar surface area (TPSA) is 89.5 Å². The predicted octanol–water partition coefficient (Wildman–Crippen LogP) is 3.66. The summed E-state index contributed by atoms with van der Waals surface area (Å²) in [5.74, 6) is 1.03. The number of para-hydroxylation sites is 2. The lowest BCUT2D eigenvalue weighted by Crippen LogP contribution is -2.41. The molecule has 2 heterocycles. The van der Waals surface area contributed by atoms with Gasteiger partial charge < -0.3 is 9.88 Å². The Morgan fingerprint density at radius 2 is 2.10 bits per heavy atom. The van der Waals surface area contributed by atoms with E-state index in [-0.39, 0.29) is 29.8 Å². The first-order valence-corrected chi connectivity index (χ1v) is 11.2. The van der Waals surface area contributed by atoms with Crippen molar-refractivity contribution in [3.8, 4) is 0 Å². The number of H-pyrrole nitrogens is 1. The van der Waals surface area contributed by atoms with E-state index in [1.165, 1.54) is 12.8 Å². The largest absolute Gasteiger partial charge is 0.340 e. The Bertz CT molecular complexity index is 898. The van der Waals surface area contributed by atoms with Crippen LogP contribution < -0.4 is 0 Å². The summed E-state index contributed by atoms with van der Waals surface area (Å²) >= 11 is 0. The van der Waals surface area contributed by atoms with E-state index in [1.54, 1.807) is 0 Å². The number of hydroxylamine groups is 2. The first kappa shape index (κ1) is 19.5. The summed E-state index contributed by atoms with van der Waals surface area (Å²) in [7, 11) is 0. The Morgan fingerprint density at radius 1 is 1.33 bits per heavy atom. The summed E-state index contributed by atoms with van der Waals surface area (Å²) in [4.78, 5) is 35.0. The third-order valence-corrected chi connectivity index (χ3v) is 7.44. The average Bonchev–Trinajstić information content (AvgIpc) is 3.12. The van der Waals surface area contributed by atoms with E-state index >= 15 is 0 Å². The van der Waals surface area contributed by atoms with E-state index in [2.05, 4.69) is 4.98 Å². The number of likely N-dealkylation sites (tertiary alicyclic amines) is 1. The number of aromatic amines is 1. The van der Waals surface area contributed by atoms with Crippen molar-refractivity contribution in [2.75, 3.05) is 13.1 Å². The zero-order valence-electron chi connectivity index (χ0n) is 17.3. The monoisotopic (exact) mass is 410 g/mol. The average molecular weight is 411 g/mol. The molecule has 2 saturated carbocycles. The van der Waals surface area contributed by atoms with E-state index in [0.29, 0.717) is 17.4 Å². The fourth-order valence-corrected chi connectivity index (χ4v) is 5.61. The summed E-state index contributed by atoms with van der Waals surface area (Å²) in [5, 5.41) is 10.5. The third kappa shape index (κ3) is 3.71. The Hall–Kier alpha value is -2.41. The normalized spacial score (nSPS) is 23.9. The zero-order chi connectivity index (χ0) is 20.7. The molecule has 1 saturated heterocycles. The van der Waals surface area contributed by atoms with Gasteiger partial charge in [-0.1, -0.05) is 37.8 Å². The minimum absolute atomic E-state index is 0.0528. The van der Waals surface area contributed by atoms with Crippen LogP contribution in [0.25, 0.3) is 11.0 Å². The van der Waals surface area contributed by atoms with E-state index in [0.717, 1.165) is 61.9 Å². The van der Waals surface area contributed by atoms with Crippen molar-refractivity contribution in [2.45, 2.75) is 57.4 Å². The molecule has 3 fully saturated rings. The molecule has 30 heavy (non-hydrogen) atoms. The molecule has 7 nitrogen and oxygen atoms in total. The maximum Gasteiger partial charge on any atom is 0.233 e. The van der Waals surface area contributed by atoms with Crippen LogP contribution in [0, 0.1) is 17.3 Å². The Kier molecular flexibility index (Phi) is 5.01. The second kappa shape index (κ2) is 7.69. The lowest BCUT2D eigenvalue weighted by Gasteiger charge is -2.30. The summed E-state index contributed by atoms with van der Waals surface area (Å²) in [6.07, 6.45) is 9.05. The van der Waals surface area contributed by atoms with E-state index in [4.69, 9.17) is 4.98 Å². The van der Waals surface area contributed by atoms with Gasteiger partial charge in [-0.25, -0.2) is 10.0 Å². The third-order valence-electron chi connectivity index (χ3n) is 7.44. The predicted molar refractivity (Wildman–Crippen MR) is 111 cm³/mol. The highest BCUT2D eigenvalue weighted by Gasteiger charge is 2.55. The van der Waals surface area contributed by atoms with Crippen LogP contribution in [0.3, 0.4) is 0 Å². The second-order valence-electron chi connectivity index (χ2n) is 9.64. The van der Waals surface area contributed by atoms with Crippen LogP contribution in [0.5, 0.6) is 0 Å². The van der Waals surface area contributed by atoms with Crippen LogP contribution in [-0.4, -0.2) is 50.5 Å². The van der Waals surface area contributed by atoms with Gasteiger partial charge in [-0.05, 0) is 49.1 Å². The van der Waals surface area contributed by atoms with Crippen LogP contribution in [-0.2, 0) is 9.59 Å². The van der Waals surface area contributed by atoms with Gasteiger partial charge >= 0.3 is 0 Å². The van der Waals surface area contributed by atoms with Crippen molar-refractivity contribution in [3.63, 3.8) is 0 Å². The van der Waals surface area contributed by atoms with Gasteiger partial charge in [-0.15, -0.1) is 0 Å². The molecule has 2 aliphatic carbocycles. The highest BCUT2D eigenvalue weighted by Crippen LogP contribution is 2.58. The first-order valence-electron chi connectivity index (χ1n) is 11.2. The van der Waals surface area contributed by atoms with Crippen LogP contribution in [0.4, 0.5) is 0 Å². The molecule has 1 spiro atoms. The number of imidazole rings is 1. The van der Waals surface area contributed by atoms with Gasteiger partial charge in [0.2, 0.25) is 12.3 Å². The molecule has 2 atom stereocenters. The molecule has 2 aromatic rings. The number of hydrogen-bond donors (Lipinski definition) is 2. The van der Waals surface area contributed by atoms with Gasteiger partial charge in [-0.2, -0.15) is 0 Å². The van der Waals surface area contributed by atoms with Crippen molar-refractivity contribution in [3.05, 3.63) is 30.1 Å². The lowest BCUT2D eigenvalue weighted by atomic mass is 9.91. The minimum Gasteiger partial charge on any atom is -0.340 e. The number of hydrogen-bond acceptors (Lipinski definition) is 4. The number of amides is 2. The summed E-state index contributed by atoms with van der Waals surface area (Å²) in [6.45, 7) is 0.816. The summed E-state index contributed by atoms with van der Waals surface area (Å²) in [6, 6.07) is 7.88. The van der Waals surface area contributed by atoms with Gasteiger partial charge in [-0.3, -0.25) is 14.8 Å². The zero-order valence-corrected chi connectivity index (χ0v) is 17.3. The molecule has 7 heteroatoms. The molecule has 0 bridgehead atoms. The molecule has 2 unspecified atom stereocenters. The Morgan fingerprint density at radius 3 is 2.80 bits per heavy atom. The van der Waals surface area contributed by atoms with Gasteiger partial charge in [0, 0.05) is 6.54 Å². The minimum atomic E-state index is -0.371. The number of nitrogens with one attached hydrogen (secondary N) is 1. The number of carbonyl (C=O) groups excluding carboxylic acids is 2. The number of carbonyl (C=O) groups is 2. The number of aromatic nitrogens is 2. The SMILES string of the molecule is O=CN(O)CC(CC1CCCC1)C(=O)N1CC2(CC2)CC1c1nc2ccccc2[nH]1. The molecule has 1 aromatic carbocycles. The molecular formula is C23H30N4O3. The van der Waals surface area contributed by atoms with Gasteiger partial charge in [0.05, 0.1) is 29.5 Å². The smallest absolute Gasteiger partial charge is 0.233 e. The molecule has 2 N–H and O–H groups in total. The van der Waals surface area contributed by atoms with Crippen molar-refractivity contribution in [1.29, 1.82) is 0 Å². The van der Waals surface area contributed by atoms with Crippen molar-refractivity contribution in [1.82, 2.24) is 19.9 Å². The van der Waals surface area contributed by atoms with Crippen LogP contribution in [0.2, 0.25) is 0 Å². The van der Waals surface area contributed by atoms with Crippen molar-refractivity contribution in [2.24, 2.45) is 17.3 Å². The maximum absolute atomic E-state index is 13.7. The molecule has 3 aliphatic rings. The first-order chi connectivity index (χ1) is 14.6. The maximum atomic E-state index is 13.7. The summed E-state index contributed by atoms with van der Waals surface area (Å²) in [5.41, 5.74) is 2.13. The molecule has 1 aromatic heterocycles. The van der Waals surface area contributed by atoms with E-state index in [9.17, 15) is 14.8 Å².